The van der Waals surface area contributed by atoms with Crippen LogP contribution < -0.4 is 4.74 Å². The van der Waals surface area contributed by atoms with E-state index in [1.807, 2.05) is 0 Å². The minimum absolute atomic E-state index is 0.0418. The highest BCUT2D eigenvalue weighted by Crippen LogP contribution is 2.43. The first kappa shape index (κ1) is 22.7. The molecule has 2 rings (SSSR count). The standard InChI is InChI=1S/C20H21F3O5S/c1-5-29(26,27)17-11-16(28-19(3,4)18(24)25)14(10-15(17)20(21,22)23)13-9-7-6-8-12(13)2/h6-11H,5H2,1-4H3,(H,24,25). The first-order chi connectivity index (χ1) is 13.2. The summed E-state index contributed by atoms with van der Waals surface area (Å²) in [5, 5.41) is 9.35. The monoisotopic (exact) mass is 430 g/mol. The van der Waals surface area contributed by atoms with Gasteiger partial charge in [-0.1, -0.05) is 31.2 Å². The van der Waals surface area contributed by atoms with E-state index in [0.717, 1.165) is 6.07 Å². The third kappa shape index (κ3) is 4.72. The fraction of sp³-hybridized carbons (Fsp3) is 0.350. The molecular formula is C20H21F3O5S. The van der Waals surface area contributed by atoms with Gasteiger partial charge in [0.1, 0.15) is 5.75 Å². The molecule has 0 amide bonds. The minimum Gasteiger partial charge on any atom is -0.478 e. The third-order valence-corrected chi connectivity index (χ3v) is 6.19. The molecule has 158 valence electrons. The number of aryl methyl sites for hydroxylation is 1. The van der Waals surface area contributed by atoms with Crippen molar-refractivity contribution < 1.29 is 36.2 Å². The molecule has 0 spiro atoms. The van der Waals surface area contributed by atoms with Gasteiger partial charge in [-0.15, -0.1) is 0 Å². The van der Waals surface area contributed by atoms with Gasteiger partial charge in [0, 0.05) is 11.6 Å². The van der Waals surface area contributed by atoms with E-state index >= 15 is 0 Å². The molecule has 0 unspecified atom stereocenters. The van der Waals surface area contributed by atoms with E-state index in [1.54, 1.807) is 31.2 Å². The molecule has 0 radical (unpaired) electrons. The van der Waals surface area contributed by atoms with E-state index in [4.69, 9.17) is 4.74 Å². The second-order valence-electron chi connectivity index (χ2n) is 6.98. The van der Waals surface area contributed by atoms with Crippen LogP contribution in [0.25, 0.3) is 11.1 Å². The van der Waals surface area contributed by atoms with Crippen molar-refractivity contribution in [3.8, 4) is 16.9 Å². The predicted molar refractivity (Wildman–Crippen MR) is 102 cm³/mol. The molecular weight excluding hydrogens is 409 g/mol. The van der Waals surface area contributed by atoms with Crippen molar-refractivity contribution in [3.05, 3.63) is 47.5 Å². The molecule has 29 heavy (non-hydrogen) atoms. The largest absolute Gasteiger partial charge is 0.478 e. The van der Waals surface area contributed by atoms with Crippen molar-refractivity contribution in [1.29, 1.82) is 0 Å². The Morgan fingerprint density at radius 1 is 1.10 bits per heavy atom. The Balaban J connectivity index is 2.94. The maximum absolute atomic E-state index is 13.7. The average Bonchev–Trinajstić information content (AvgIpc) is 2.60. The molecule has 9 heteroatoms. The van der Waals surface area contributed by atoms with E-state index in [-0.39, 0.29) is 11.3 Å². The molecule has 1 N–H and O–H groups in total. The lowest BCUT2D eigenvalue weighted by Crippen LogP contribution is -2.38. The molecule has 0 aliphatic heterocycles. The Hall–Kier alpha value is -2.55. The molecule has 2 aromatic carbocycles. The minimum atomic E-state index is -4.93. The topological polar surface area (TPSA) is 80.7 Å². The number of aliphatic carboxylic acids is 1. The molecule has 0 bridgehead atoms. The SMILES string of the molecule is CCS(=O)(=O)c1cc(OC(C)(C)C(=O)O)c(-c2ccccc2C)cc1C(F)(F)F. The Bertz CT molecular complexity index is 1040. The zero-order chi connectivity index (χ0) is 22.2. The number of halogens is 3. The van der Waals surface area contributed by atoms with Crippen molar-refractivity contribution in [2.75, 3.05) is 5.75 Å². The predicted octanol–water partition coefficient (Wildman–Crippen LogP) is 4.72. The molecule has 0 saturated heterocycles. The summed E-state index contributed by atoms with van der Waals surface area (Å²) in [7, 11) is -4.27. The lowest BCUT2D eigenvalue weighted by molar-refractivity contribution is -0.152. The second kappa shape index (κ2) is 7.70. The molecule has 0 aliphatic carbocycles. The summed E-state index contributed by atoms with van der Waals surface area (Å²) in [4.78, 5) is 10.5. The number of hydrogen-bond acceptors (Lipinski definition) is 4. The van der Waals surface area contributed by atoms with Gasteiger partial charge >= 0.3 is 12.1 Å². The van der Waals surface area contributed by atoms with Gasteiger partial charge in [-0.05, 0) is 38.0 Å². The van der Waals surface area contributed by atoms with Crippen LogP contribution in [0.2, 0.25) is 0 Å². The lowest BCUT2D eigenvalue weighted by Gasteiger charge is -2.25. The highest BCUT2D eigenvalue weighted by molar-refractivity contribution is 7.91. The van der Waals surface area contributed by atoms with Crippen LogP contribution in [-0.2, 0) is 20.8 Å². The van der Waals surface area contributed by atoms with Crippen LogP contribution in [-0.4, -0.2) is 30.8 Å². The summed E-state index contributed by atoms with van der Waals surface area (Å²) >= 11 is 0. The summed E-state index contributed by atoms with van der Waals surface area (Å²) in [6, 6.07) is 8.01. The summed E-state index contributed by atoms with van der Waals surface area (Å²) in [5.41, 5.74) is -2.18. The van der Waals surface area contributed by atoms with E-state index < -0.39 is 43.8 Å². The smallest absolute Gasteiger partial charge is 0.417 e. The van der Waals surface area contributed by atoms with Gasteiger partial charge in [-0.3, -0.25) is 0 Å². The van der Waals surface area contributed by atoms with Crippen LogP contribution in [0.5, 0.6) is 5.75 Å². The quantitative estimate of drug-likeness (QED) is 0.718. The van der Waals surface area contributed by atoms with E-state index in [9.17, 15) is 31.5 Å². The molecule has 5 nitrogen and oxygen atoms in total. The second-order valence-corrected chi connectivity index (χ2v) is 9.22. The van der Waals surface area contributed by atoms with E-state index in [0.29, 0.717) is 17.2 Å². The van der Waals surface area contributed by atoms with Crippen LogP contribution in [0.3, 0.4) is 0 Å². The van der Waals surface area contributed by atoms with Gasteiger partial charge in [-0.25, -0.2) is 13.2 Å². The fourth-order valence-electron chi connectivity index (χ4n) is 2.68. The van der Waals surface area contributed by atoms with Crippen LogP contribution in [0.15, 0.2) is 41.3 Å². The Labute approximate surface area is 167 Å². The summed E-state index contributed by atoms with van der Waals surface area (Å²) in [6.07, 6.45) is -4.93. The molecule has 0 fully saturated rings. The number of carboxylic acids is 1. The van der Waals surface area contributed by atoms with Gasteiger partial charge in [-0.2, -0.15) is 13.2 Å². The van der Waals surface area contributed by atoms with Gasteiger partial charge < -0.3 is 9.84 Å². The molecule has 0 heterocycles. The van der Waals surface area contributed by atoms with Crippen molar-refractivity contribution in [2.24, 2.45) is 0 Å². The molecule has 0 saturated carbocycles. The number of benzene rings is 2. The van der Waals surface area contributed by atoms with E-state index in [1.165, 1.54) is 20.8 Å². The van der Waals surface area contributed by atoms with Crippen LogP contribution in [0, 0.1) is 6.92 Å². The molecule has 0 atom stereocenters. The summed E-state index contributed by atoms with van der Waals surface area (Å²) in [6.45, 7) is 5.35. The third-order valence-electron chi connectivity index (χ3n) is 4.42. The number of hydrogen-bond donors (Lipinski definition) is 1. The normalized spacial score (nSPS) is 12.7. The Morgan fingerprint density at radius 3 is 2.17 bits per heavy atom. The Kier molecular flexibility index (Phi) is 6.04. The first-order valence-corrected chi connectivity index (χ1v) is 10.3. The summed E-state index contributed by atoms with van der Waals surface area (Å²) in [5.74, 6) is -2.17. The number of rotatable bonds is 6. The number of alkyl halides is 3. The molecule has 0 aliphatic rings. The van der Waals surface area contributed by atoms with Crippen molar-refractivity contribution in [2.45, 2.75) is 44.4 Å². The van der Waals surface area contributed by atoms with Gasteiger partial charge in [0.2, 0.25) is 0 Å². The maximum Gasteiger partial charge on any atom is 0.417 e. The number of sulfone groups is 1. The molecule has 0 aromatic heterocycles. The number of carboxylic acid groups (broad SMARTS) is 1. The van der Waals surface area contributed by atoms with Gasteiger partial charge in [0.05, 0.1) is 16.2 Å². The zero-order valence-corrected chi connectivity index (χ0v) is 17.1. The van der Waals surface area contributed by atoms with Gasteiger partial charge in [0.25, 0.3) is 0 Å². The van der Waals surface area contributed by atoms with Crippen LogP contribution in [0.1, 0.15) is 31.9 Å². The van der Waals surface area contributed by atoms with Crippen LogP contribution in [0.4, 0.5) is 13.2 Å². The zero-order valence-electron chi connectivity index (χ0n) is 16.3. The maximum atomic E-state index is 13.7. The van der Waals surface area contributed by atoms with Crippen LogP contribution >= 0.6 is 0 Å². The average molecular weight is 430 g/mol. The Morgan fingerprint density at radius 2 is 1.69 bits per heavy atom. The number of carbonyl (C=O) groups is 1. The van der Waals surface area contributed by atoms with Crippen molar-refractivity contribution in [1.82, 2.24) is 0 Å². The van der Waals surface area contributed by atoms with Crippen molar-refractivity contribution in [3.63, 3.8) is 0 Å². The van der Waals surface area contributed by atoms with E-state index in [2.05, 4.69) is 0 Å². The highest BCUT2D eigenvalue weighted by Gasteiger charge is 2.39. The van der Waals surface area contributed by atoms with Crippen molar-refractivity contribution >= 4 is 15.8 Å². The molecule has 2 aromatic rings. The number of ether oxygens (including phenoxy) is 1. The lowest BCUT2D eigenvalue weighted by atomic mass is 9.97. The fourth-order valence-corrected chi connectivity index (χ4v) is 3.79. The highest BCUT2D eigenvalue weighted by atomic mass is 32.2. The first-order valence-electron chi connectivity index (χ1n) is 8.67. The van der Waals surface area contributed by atoms with Gasteiger partial charge in [0.15, 0.2) is 15.4 Å². The summed E-state index contributed by atoms with van der Waals surface area (Å²) < 4.78 is 71.4.